The van der Waals surface area contributed by atoms with Gasteiger partial charge < -0.3 is 4.74 Å². The Bertz CT molecular complexity index is 1340. The second kappa shape index (κ2) is 12.2. The highest BCUT2D eigenvalue weighted by molar-refractivity contribution is 7.83. The van der Waals surface area contributed by atoms with Crippen LogP contribution in [0.1, 0.15) is 91.0 Å². The van der Waals surface area contributed by atoms with Crippen LogP contribution in [0, 0.1) is 35.0 Å². The van der Waals surface area contributed by atoms with Gasteiger partial charge in [0.15, 0.2) is 5.78 Å². The van der Waals surface area contributed by atoms with Crippen LogP contribution in [0.4, 0.5) is 0 Å². The molecule has 0 amide bonds. The maximum Gasteiger partial charge on any atom is 0.155 e. The number of benzene rings is 1. The Labute approximate surface area is 268 Å². The lowest BCUT2D eigenvalue weighted by atomic mass is 9.56. The molecule has 240 valence electrons. The number of nitrogens with one attached hydrogen (secondary N) is 1. The second-order valence-electron chi connectivity index (χ2n) is 15.7. The van der Waals surface area contributed by atoms with E-state index in [4.69, 9.17) is 4.74 Å². The molecule has 2 heterocycles. The predicted molar refractivity (Wildman–Crippen MR) is 178 cm³/mol. The molecule has 5 nitrogen and oxygen atoms in total. The fourth-order valence-electron chi connectivity index (χ4n) is 11.0. The van der Waals surface area contributed by atoms with E-state index in [2.05, 4.69) is 61.6 Å². The molecule has 44 heavy (non-hydrogen) atoms. The number of allylic oxidation sites excluding steroid dienone is 3. The smallest absolute Gasteiger partial charge is 0.155 e. The van der Waals surface area contributed by atoms with Crippen LogP contribution < -0.4 is 4.72 Å². The summed E-state index contributed by atoms with van der Waals surface area (Å²) in [5.41, 5.74) is 6.23. The van der Waals surface area contributed by atoms with Gasteiger partial charge in [-0.25, -0.2) is 8.93 Å². The van der Waals surface area contributed by atoms with Gasteiger partial charge in [0, 0.05) is 43.8 Å². The molecule has 2 aliphatic heterocycles. The summed E-state index contributed by atoms with van der Waals surface area (Å²) in [4.78, 5) is 15.0. The fraction of sp³-hybridized carbons (Fsp3) is 0.711. The zero-order valence-electron chi connectivity index (χ0n) is 27.5. The van der Waals surface area contributed by atoms with Crippen LogP contribution in [0.15, 0.2) is 53.1 Å². The molecule has 6 heteroatoms. The maximum absolute atomic E-state index is 12.8. The van der Waals surface area contributed by atoms with Crippen molar-refractivity contribution in [2.24, 2.45) is 35.0 Å². The van der Waals surface area contributed by atoms with E-state index in [-0.39, 0.29) is 11.0 Å². The van der Waals surface area contributed by atoms with Crippen molar-refractivity contribution < 1.29 is 13.7 Å². The van der Waals surface area contributed by atoms with Crippen LogP contribution >= 0.6 is 0 Å². The monoisotopic (exact) mass is 618 g/mol. The van der Waals surface area contributed by atoms with Crippen LogP contribution in [0.2, 0.25) is 0 Å². The molecule has 1 N–H and O–H groups in total. The number of carbonyl (C=O) groups is 1. The molecule has 0 radical (unpaired) electrons. The van der Waals surface area contributed by atoms with Crippen LogP contribution in [-0.4, -0.2) is 58.0 Å². The van der Waals surface area contributed by atoms with E-state index in [0.717, 1.165) is 70.5 Å². The molecular weight excluding hydrogens is 564 g/mol. The summed E-state index contributed by atoms with van der Waals surface area (Å²) in [6.45, 7) is 12.6. The minimum Gasteiger partial charge on any atom is -0.369 e. The molecule has 2 unspecified atom stereocenters. The third-order valence-electron chi connectivity index (χ3n) is 13.2. The standard InChI is InChI=1S/C38H54N2O3S/c1-25-20-35-36(40(24-25)18-17-39-44(42)19-14-28-8-6-5-7-9-28)27(3)38(43-35)16-13-31-32-11-10-29-21-30(41)12-15-37(29,4)34(32)22-33(31)26(2)23-38/h5-9,21,25,27,31-32,34-36,39H,10-20,22-24H2,1-4H3/t25-,27+,31-,32?,34-,35+,36-,37-,38-,44?/m0/s1. The Kier molecular flexibility index (Phi) is 8.61. The van der Waals surface area contributed by atoms with E-state index in [9.17, 15) is 9.00 Å². The Hall–Kier alpha value is -1.60. The molecule has 10 atom stereocenters. The Balaban J connectivity index is 1.02. The van der Waals surface area contributed by atoms with Crippen molar-refractivity contribution in [2.45, 2.75) is 110 Å². The molecule has 7 rings (SSSR count). The number of aryl methyl sites for hydroxylation is 1. The van der Waals surface area contributed by atoms with E-state index in [0.29, 0.717) is 47.4 Å². The second-order valence-corrected chi connectivity index (χ2v) is 17.1. The van der Waals surface area contributed by atoms with Gasteiger partial charge >= 0.3 is 0 Å². The summed E-state index contributed by atoms with van der Waals surface area (Å²) in [5, 5.41) is 0. The highest BCUT2D eigenvalue weighted by Gasteiger charge is 2.59. The largest absolute Gasteiger partial charge is 0.369 e. The molecule has 4 fully saturated rings. The number of fused-ring (bicyclic) bond motifs is 6. The van der Waals surface area contributed by atoms with Gasteiger partial charge in [-0.15, -0.1) is 0 Å². The van der Waals surface area contributed by atoms with Crippen molar-refractivity contribution in [2.75, 3.05) is 25.4 Å². The number of likely N-dealkylation sites (tertiary alicyclic amines) is 1. The van der Waals surface area contributed by atoms with Crippen molar-refractivity contribution in [1.82, 2.24) is 9.62 Å². The first kappa shape index (κ1) is 31.0. The van der Waals surface area contributed by atoms with Crippen LogP contribution in [0.5, 0.6) is 0 Å². The van der Waals surface area contributed by atoms with E-state index in [1.807, 2.05) is 12.1 Å². The van der Waals surface area contributed by atoms with E-state index >= 15 is 0 Å². The van der Waals surface area contributed by atoms with E-state index < -0.39 is 11.0 Å². The number of ether oxygens (including phenoxy) is 1. The Morgan fingerprint density at radius 1 is 1.11 bits per heavy atom. The Morgan fingerprint density at radius 3 is 2.75 bits per heavy atom. The molecule has 4 aliphatic carbocycles. The van der Waals surface area contributed by atoms with Gasteiger partial charge in [0.2, 0.25) is 0 Å². The normalized spacial score (nSPS) is 41.0. The average molecular weight is 619 g/mol. The van der Waals surface area contributed by atoms with Crippen LogP contribution in [-0.2, 0) is 26.9 Å². The maximum atomic E-state index is 12.8. The molecule has 2 saturated heterocycles. The van der Waals surface area contributed by atoms with Gasteiger partial charge in [0.1, 0.15) is 0 Å². The number of hydrogen-bond donors (Lipinski definition) is 1. The summed E-state index contributed by atoms with van der Waals surface area (Å²) >= 11 is 0. The number of carbonyl (C=O) groups excluding carboxylic acids is 1. The van der Waals surface area contributed by atoms with Gasteiger partial charge in [0.05, 0.1) is 22.7 Å². The first-order valence-corrected chi connectivity index (χ1v) is 19.0. The molecule has 2 saturated carbocycles. The van der Waals surface area contributed by atoms with Gasteiger partial charge in [-0.3, -0.25) is 9.69 Å². The molecule has 1 spiro atoms. The first-order chi connectivity index (χ1) is 21.2. The van der Waals surface area contributed by atoms with Gasteiger partial charge in [-0.05, 0) is 105 Å². The zero-order chi connectivity index (χ0) is 30.6. The highest BCUT2D eigenvalue weighted by atomic mass is 32.2. The van der Waals surface area contributed by atoms with Gasteiger partial charge in [0.25, 0.3) is 0 Å². The topological polar surface area (TPSA) is 58.6 Å². The third kappa shape index (κ3) is 5.54. The lowest BCUT2D eigenvalue weighted by Gasteiger charge is -2.48. The number of piperidine rings is 1. The van der Waals surface area contributed by atoms with E-state index in [1.54, 1.807) is 11.1 Å². The zero-order valence-corrected chi connectivity index (χ0v) is 28.3. The lowest BCUT2D eigenvalue weighted by Crippen LogP contribution is -2.53. The first-order valence-electron chi connectivity index (χ1n) is 17.7. The minimum absolute atomic E-state index is 0.0681. The van der Waals surface area contributed by atoms with Gasteiger partial charge in [-0.2, -0.15) is 0 Å². The predicted octanol–water partition coefficient (Wildman–Crippen LogP) is 6.81. The van der Waals surface area contributed by atoms with Gasteiger partial charge in [-0.1, -0.05) is 67.8 Å². The third-order valence-corrected chi connectivity index (χ3v) is 14.3. The lowest BCUT2D eigenvalue weighted by molar-refractivity contribution is -0.116. The SMILES string of the molecule is CC1=C2C[C@H]3C(CCC4=CC(=O)CC[C@@]43C)[C@@H]2CC[C@@]2(C1)O[C@@H]1C[C@H](C)CN(CCNS(=O)CCc3ccccc3)[C@H]1[C@H]2C. The molecular formula is C38H54N2O3S. The number of nitrogens with zero attached hydrogens (tertiary/aromatic N) is 1. The quantitative estimate of drug-likeness (QED) is 0.341. The van der Waals surface area contributed by atoms with Crippen molar-refractivity contribution in [3.05, 3.63) is 58.7 Å². The minimum atomic E-state index is -1.01. The molecule has 0 aromatic heterocycles. The highest BCUT2D eigenvalue weighted by Crippen LogP contribution is 2.64. The van der Waals surface area contributed by atoms with Crippen molar-refractivity contribution in [3.8, 4) is 0 Å². The summed E-state index contributed by atoms with van der Waals surface area (Å²) < 4.78 is 23.4. The molecule has 1 aromatic carbocycles. The summed E-state index contributed by atoms with van der Waals surface area (Å²) in [6.07, 6.45) is 13.2. The molecule has 1 aromatic rings. The number of hydrogen-bond acceptors (Lipinski definition) is 4. The van der Waals surface area contributed by atoms with Crippen LogP contribution in [0.25, 0.3) is 0 Å². The molecule has 6 aliphatic rings. The molecule has 0 bridgehead atoms. The fourth-order valence-corrected chi connectivity index (χ4v) is 11.9. The summed E-state index contributed by atoms with van der Waals surface area (Å²) in [7, 11) is -1.01. The van der Waals surface area contributed by atoms with Crippen LogP contribution in [0.3, 0.4) is 0 Å². The average Bonchev–Trinajstić information content (AvgIpc) is 3.47. The van der Waals surface area contributed by atoms with Crippen molar-refractivity contribution in [1.29, 1.82) is 0 Å². The van der Waals surface area contributed by atoms with Crippen molar-refractivity contribution in [3.63, 3.8) is 0 Å². The number of ketones is 1. The summed E-state index contributed by atoms with van der Waals surface area (Å²) in [6, 6.07) is 10.8. The van der Waals surface area contributed by atoms with E-state index in [1.165, 1.54) is 30.4 Å². The van der Waals surface area contributed by atoms with Crippen molar-refractivity contribution >= 4 is 16.8 Å². The Morgan fingerprint density at radius 2 is 1.93 bits per heavy atom. The number of rotatable bonds is 7. The summed E-state index contributed by atoms with van der Waals surface area (Å²) in [5.74, 6) is 4.25.